The summed E-state index contributed by atoms with van der Waals surface area (Å²) in [7, 11) is 3.45. The highest BCUT2D eigenvalue weighted by Gasteiger charge is 2.20. The minimum atomic E-state index is -0.276. The molecule has 3 rings (SSSR count). The van der Waals surface area contributed by atoms with Crippen LogP contribution < -0.4 is 10.2 Å². The molecule has 2 aromatic rings. The van der Waals surface area contributed by atoms with E-state index in [0.717, 1.165) is 24.5 Å². The zero-order chi connectivity index (χ0) is 17.8. The lowest BCUT2D eigenvalue weighted by atomic mass is 10.1. The Morgan fingerprint density at radius 1 is 1.36 bits per heavy atom. The number of hydrogen-bond acceptors (Lipinski definition) is 4. The van der Waals surface area contributed by atoms with Gasteiger partial charge in [-0.15, -0.1) is 0 Å². The first-order valence-electron chi connectivity index (χ1n) is 8.42. The van der Waals surface area contributed by atoms with Crippen LogP contribution in [0.2, 0.25) is 5.02 Å². The summed E-state index contributed by atoms with van der Waals surface area (Å²) in [6, 6.07) is 7.08. The van der Waals surface area contributed by atoms with Gasteiger partial charge in [-0.1, -0.05) is 11.6 Å². The number of aryl methyl sites for hydroxylation is 1. The monoisotopic (exact) mass is 362 g/mol. The van der Waals surface area contributed by atoms with Gasteiger partial charge in [-0.25, -0.2) is 0 Å². The summed E-state index contributed by atoms with van der Waals surface area (Å²) in [5.74, 6) is -0.182. The molecule has 0 saturated carbocycles. The molecule has 0 bridgehead atoms. The predicted octanol–water partition coefficient (Wildman–Crippen LogP) is 2.79. The van der Waals surface area contributed by atoms with Crippen molar-refractivity contribution in [2.75, 3.05) is 31.7 Å². The molecule has 1 atom stereocenters. The van der Waals surface area contributed by atoms with Crippen LogP contribution in [0.1, 0.15) is 34.9 Å². The molecular formula is C18H23ClN4O2. The van der Waals surface area contributed by atoms with Gasteiger partial charge in [0.05, 0.1) is 29.1 Å². The smallest absolute Gasteiger partial charge is 0.251 e. The molecule has 1 aromatic heterocycles. The van der Waals surface area contributed by atoms with Crippen LogP contribution in [0.25, 0.3) is 0 Å². The van der Waals surface area contributed by atoms with E-state index in [-0.39, 0.29) is 11.9 Å². The Morgan fingerprint density at radius 2 is 2.12 bits per heavy atom. The maximum Gasteiger partial charge on any atom is 0.251 e. The van der Waals surface area contributed by atoms with Gasteiger partial charge >= 0.3 is 0 Å². The molecule has 0 spiro atoms. The number of anilines is 1. The Bertz CT molecular complexity index is 740. The number of benzene rings is 1. The summed E-state index contributed by atoms with van der Waals surface area (Å²) in [5.41, 5.74) is 2.42. The van der Waals surface area contributed by atoms with Gasteiger partial charge in [0, 0.05) is 39.0 Å². The largest absolute Gasteiger partial charge is 0.382 e. The van der Waals surface area contributed by atoms with Crippen molar-refractivity contribution in [1.29, 1.82) is 0 Å². The van der Waals surface area contributed by atoms with Crippen molar-refractivity contribution >= 4 is 23.2 Å². The number of hydrogen-bond donors (Lipinski definition) is 1. The molecule has 134 valence electrons. The molecule has 0 aliphatic carbocycles. The predicted molar refractivity (Wildman–Crippen MR) is 98.2 cm³/mol. The summed E-state index contributed by atoms with van der Waals surface area (Å²) in [5, 5.41) is 7.76. The lowest BCUT2D eigenvalue weighted by Crippen LogP contribution is -2.32. The van der Waals surface area contributed by atoms with Crippen molar-refractivity contribution in [1.82, 2.24) is 15.1 Å². The quantitative estimate of drug-likeness (QED) is 0.858. The van der Waals surface area contributed by atoms with Gasteiger partial charge in [-0.3, -0.25) is 9.48 Å². The molecule has 0 radical (unpaired) electrons. The van der Waals surface area contributed by atoms with Crippen LogP contribution in [-0.2, 0) is 11.8 Å². The van der Waals surface area contributed by atoms with Gasteiger partial charge < -0.3 is 15.0 Å². The Kier molecular flexibility index (Phi) is 5.60. The minimum absolute atomic E-state index is 0.182. The average Bonchev–Trinajstić information content (AvgIpc) is 3.26. The fraction of sp³-hybridized carbons (Fsp3) is 0.444. The summed E-state index contributed by atoms with van der Waals surface area (Å²) >= 11 is 6.42. The van der Waals surface area contributed by atoms with E-state index >= 15 is 0 Å². The number of amides is 1. The second-order valence-corrected chi connectivity index (χ2v) is 6.63. The number of aromatic nitrogens is 2. The van der Waals surface area contributed by atoms with E-state index in [1.165, 1.54) is 12.8 Å². The number of carbonyl (C=O) groups excluding carboxylic acids is 1. The third-order valence-corrected chi connectivity index (χ3v) is 4.81. The maximum absolute atomic E-state index is 12.7. The normalized spacial score (nSPS) is 15.4. The Hall–Kier alpha value is -2.05. The first-order valence-corrected chi connectivity index (χ1v) is 8.80. The molecule has 1 unspecified atom stereocenters. The van der Waals surface area contributed by atoms with Crippen molar-refractivity contribution in [2.24, 2.45) is 7.05 Å². The molecule has 6 nitrogen and oxygen atoms in total. The number of methoxy groups -OCH3 is 1. The first kappa shape index (κ1) is 17.8. The number of halogens is 1. The van der Waals surface area contributed by atoms with Crippen LogP contribution in [-0.4, -0.2) is 42.5 Å². The van der Waals surface area contributed by atoms with E-state index in [2.05, 4.69) is 15.3 Å². The second-order valence-electron chi connectivity index (χ2n) is 6.22. The molecule has 1 N–H and O–H groups in total. The summed E-state index contributed by atoms with van der Waals surface area (Å²) in [4.78, 5) is 14.9. The minimum Gasteiger partial charge on any atom is -0.382 e. The Labute approximate surface area is 152 Å². The van der Waals surface area contributed by atoms with E-state index in [4.69, 9.17) is 16.3 Å². The number of nitrogens with zero attached hydrogens (tertiary/aromatic N) is 3. The van der Waals surface area contributed by atoms with E-state index in [0.29, 0.717) is 17.2 Å². The molecule has 1 aliphatic heterocycles. The molecule has 25 heavy (non-hydrogen) atoms. The molecule has 1 fully saturated rings. The SMILES string of the molecule is COCC(NC(=O)c1ccc(N2CCCC2)c(Cl)c1)c1ccnn1C. The number of ether oxygens (including phenoxy) is 1. The molecular weight excluding hydrogens is 340 g/mol. The van der Waals surface area contributed by atoms with Crippen LogP contribution in [0.3, 0.4) is 0 Å². The third kappa shape index (κ3) is 3.96. The topological polar surface area (TPSA) is 59.4 Å². The van der Waals surface area contributed by atoms with Gasteiger partial charge in [0.1, 0.15) is 0 Å². The highest BCUT2D eigenvalue weighted by molar-refractivity contribution is 6.33. The Morgan fingerprint density at radius 3 is 2.72 bits per heavy atom. The molecule has 2 heterocycles. The second kappa shape index (κ2) is 7.89. The van der Waals surface area contributed by atoms with Crippen LogP contribution >= 0.6 is 11.6 Å². The Balaban J connectivity index is 1.75. The summed E-state index contributed by atoms with van der Waals surface area (Å²) in [6.07, 6.45) is 4.07. The summed E-state index contributed by atoms with van der Waals surface area (Å²) < 4.78 is 6.97. The number of rotatable bonds is 6. The van der Waals surface area contributed by atoms with E-state index < -0.39 is 0 Å². The average molecular weight is 363 g/mol. The fourth-order valence-corrected chi connectivity index (χ4v) is 3.50. The van der Waals surface area contributed by atoms with Crippen LogP contribution in [0.5, 0.6) is 0 Å². The van der Waals surface area contributed by atoms with Gasteiger partial charge in [-0.05, 0) is 37.1 Å². The third-order valence-electron chi connectivity index (χ3n) is 4.51. The lowest BCUT2D eigenvalue weighted by molar-refractivity contribution is 0.0892. The van der Waals surface area contributed by atoms with E-state index in [1.54, 1.807) is 24.1 Å². The summed E-state index contributed by atoms with van der Waals surface area (Å²) in [6.45, 7) is 2.40. The molecule has 7 heteroatoms. The van der Waals surface area contributed by atoms with Gasteiger partial charge in [0.2, 0.25) is 0 Å². The molecule has 1 amide bonds. The van der Waals surface area contributed by atoms with E-state index in [1.807, 2.05) is 25.2 Å². The fourth-order valence-electron chi connectivity index (χ4n) is 3.20. The lowest BCUT2D eigenvalue weighted by Gasteiger charge is -2.21. The standard InChI is InChI=1S/C18H23ClN4O2/c1-22-17(7-8-20-22)15(12-25-2)21-18(24)13-5-6-16(14(19)11-13)23-9-3-4-10-23/h5-8,11,15H,3-4,9-10,12H2,1-2H3,(H,21,24). The highest BCUT2D eigenvalue weighted by atomic mass is 35.5. The number of nitrogens with one attached hydrogen (secondary N) is 1. The van der Waals surface area contributed by atoms with Gasteiger partial charge in [0.25, 0.3) is 5.91 Å². The van der Waals surface area contributed by atoms with Crippen molar-refractivity contribution in [2.45, 2.75) is 18.9 Å². The van der Waals surface area contributed by atoms with Crippen molar-refractivity contribution in [3.05, 3.63) is 46.7 Å². The highest BCUT2D eigenvalue weighted by Crippen LogP contribution is 2.29. The van der Waals surface area contributed by atoms with Crippen LogP contribution in [0.15, 0.2) is 30.5 Å². The van der Waals surface area contributed by atoms with Crippen molar-refractivity contribution < 1.29 is 9.53 Å². The van der Waals surface area contributed by atoms with Gasteiger partial charge in [0.15, 0.2) is 0 Å². The van der Waals surface area contributed by atoms with Gasteiger partial charge in [-0.2, -0.15) is 5.10 Å². The van der Waals surface area contributed by atoms with E-state index in [9.17, 15) is 4.79 Å². The molecule has 1 aliphatic rings. The zero-order valence-electron chi connectivity index (χ0n) is 14.5. The first-order chi connectivity index (χ1) is 12.1. The van der Waals surface area contributed by atoms with Crippen LogP contribution in [0, 0.1) is 0 Å². The maximum atomic E-state index is 12.7. The van der Waals surface area contributed by atoms with Crippen LogP contribution in [0.4, 0.5) is 5.69 Å². The van der Waals surface area contributed by atoms with Crippen molar-refractivity contribution in [3.63, 3.8) is 0 Å². The molecule has 1 aromatic carbocycles. The number of carbonyl (C=O) groups is 1. The zero-order valence-corrected chi connectivity index (χ0v) is 15.3. The van der Waals surface area contributed by atoms with Crippen molar-refractivity contribution in [3.8, 4) is 0 Å². The molecule has 1 saturated heterocycles.